The van der Waals surface area contributed by atoms with Crippen LogP contribution < -0.4 is 9.80 Å². The first-order valence-electron chi connectivity index (χ1n) is 10.1. The van der Waals surface area contributed by atoms with Gasteiger partial charge in [0.05, 0.1) is 10.6 Å². The van der Waals surface area contributed by atoms with Crippen molar-refractivity contribution in [3.05, 3.63) is 94.8 Å². The summed E-state index contributed by atoms with van der Waals surface area (Å²) in [5.74, 6) is 0.575. The van der Waals surface area contributed by atoms with E-state index in [2.05, 4.69) is 9.97 Å². The number of anilines is 3. The molecule has 0 bridgehead atoms. The van der Waals surface area contributed by atoms with Crippen LogP contribution >= 0.6 is 0 Å². The minimum atomic E-state index is -0.389. The zero-order valence-corrected chi connectivity index (χ0v) is 17.5. The molecule has 3 aromatic carbocycles. The Labute approximate surface area is 180 Å². The van der Waals surface area contributed by atoms with Crippen molar-refractivity contribution in [1.29, 1.82) is 0 Å². The quantitative estimate of drug-likeness (QED) is 0.301. The largest absolute Gasteiger partial charge is 0.353 e. The highest BCUT2D eigenvalue weighted by Gasteiger charge is 2.29. The molecule has 4 rings (SSSR count). The molecule has 1 aromatic heterocycles. The van der Waals surface area contributed by atoms with Gasteiger partial charge in [-0.25, -0.2) is 9.97 Å². The van der Waals surface area contributed by atoms with Crippen LogP contribution in [0.25, 0.3) is 10.8 Å². The average Bonchev–Trinajstić information content (AvgIpc) is 2.80. The van der Waals surface area contributed by atoms with Gasteiger partial charge in [0.2, 0.25) is 11.6 Å². The molecule has 31 heavy (non-hydrogen) atoms. The SMILES string of the molecule is CCN(c1ncnc(N(C)Cc2ccccc2)c1[N+](=O)[O-])c1cccc2ccccc12. The second-order valence-corrected chi connectivity index (χ2v) is 7.21. The van der Waals surface area contributed by atoms with Crippen LogP contribution in [-0.4, -0.2) is 28.5 Å². The Morgan fingerprint density at radius 3 is 2.32 bits per heavy atom. The smallest absolute Gasteiger partial charge is 0.349 e. The fraction of sp³-hybridized carbons (Fsp3) is 0.167. The van der Waals surface area contributed by atoms with Crippen LogP contribution in [0, 0.1) is 10.1 Å². The van der Waals surface area contributed by atoms with Crippen LogP contribution in [0.15, 0.2) is 79.1 Å². The fourth-order valence-corrected chi connectivity index (χ4v) is 3.81. The predicted molar refractivity (Wildman–Crippen MR) is 124 cm³/mol. The zero-order chi connectivity index (χ0) is 21.8. The van der Waals surface area contributed by atoms with Crippen LogP contribution in [0.4, 0.5) is 23.0 Å². The zero-order valence-electron chi connectivity index (χ0n) is 17.5. The third-order valence-electron chi connectivity index (χ3n) is 5.22. The molecule has 156 valence electrons. The lowest BCUT2D eigenvalue weighted by Gasteiger charge is -2.25. The summed E-state index contributed by atoms with van der Waals surface area (Å²) in [6.07, 6.45) is 1.40. The van der Waals surface area contributed by atoms with Gasteiger partial charge in [-0.15, -0.1) is 0 Å². The lowest BCUT2D eigenvalue weighted by Crippen LogP contribution is -2.23. The van der Waals surface area contributed by atoms with Gasteiger partial charge in [0, 0.05) is 25.5 Å². The summed E-state index contributed by atoms with van der Waals surface area (Å²) in [5, 5.41) is 14.3. The summed E-state index contributed by atoms with van der Waals surface area (Å²) in [6.45, 7) is 2.98. The molecule has 0 saturated heterocycles. The van der Waals surface area contributed by atoms with Crippen molar-refractivity contribution in [3.63, 3.8) is 0 Å². The van der Waals surface area contributed by atoms with Crippen LogP contribution in [0.5, 0.6) is 0 Å². The fourth-order valence-electron chi connectivity index (χ4n) is 3.81. The Morgan fingerprint density at radius 1 is 0.903 bits per heavy atom. The first-order chi connectivity index (χ1) is 15.1. The number of nitrogens with zero attached hydrogens (tertiary/aromatic N) is 5. The minimum Gasteiger partial charge on any atom is -0.349 e. The third-order valence-corrected chi connectivity index (χ3v) is 5.22. The molecule has 7 nitrogen and oxygen atoms in total. The van der Waals surface area contributed by atoms with Crippen molar-refractivity contribution in [3.8, 4) is 0 Å². The molecule has 0 unspecified atom stereocenters. The van der Waals surface area contributed by atoms with E-state index < -0.39 is 0 Å². The van der Waals surface area contributed by atoms with Crippen molar-refractivity contribution >= 4 is 33.8 Å². The highest BCUT2D eigenvalue weighted by Crippen LogP contribution is 2.39. The summed E-state index contributed by atoms with van der Waals surface area (Å²) in [6, 6.07) is 23.7. The van der Waals surface area contributed by atoms with Gasteiger partial charge >= 0.3 is 5.69 Å². The first-order valence-corrected chi connectivity index (χ1v) is 10.1. The minimum absolute atomic E-state index is 0.101. The molecule has 0 aliphatic carbocycles. The number of aromatic nitrogens is 2. The number of benzene rings is 3. The maximum absolute atomic E-state index is 12.2. The summed E-state index contributed by atoms with van der Waals surface area (Å²) in [7, 11) is 1.81. The molecule has 4 aromatic rings. The van der Waals surface area contributed by atoms with Gasteiger partial charge in [-0.1, -0.05) is 66.7 Å². The van der Waals surface area contributed by atoms with Crippen molar-refractivity contribution < 1.29 is 4.92 Å². The van der Waals surface area contributed by atoms with Crippen LogP contribution in [-0.2, 0) is 6.54 Å². The average molecular weight is 413 g/mol. The van der Waals surface area contributed by atoms with Crippen LogP contribution in [0.3, 0.4) is 0 Å². The van der Waals surface area contributed by atoms with E-state index in [1.807, 2.05) is 84.6 Å². The van der Waals surface area contributed by atoms with Crippen molar-refractivity contribution in [1.82, 2.24) is 9.97 Å². The van der Waals surface area contributed by atoms with E-state index in [0.29, 0.717) is 13.1 Å². The highest BCUT2D eigenvalue weighted by atomic mass is 16.6. The normalized spacial score (nSPS) is 10.8. The number of nitro groups is 1. The van der Waals surface area contributed by atoms with E-state index >= 15 is 0 Å². The van der Waals surface area contributed by atoms with Gasteiger partial charge in [-0.2, -0.15) is 0 Å². The van der Waals surface area contributed by atoms with Crippen molar-refractivity contribution in [2.45, 2.75) is 13.5 Å². The number of fused-ring (bicyclic) bond motifs is 1. The molecule has 0 amide bonds. The standard InChI is InChI=1S/C24H23N5O2/c1-3-28(21-15-9-13-19-12-7-8-14-20(19)21)24-22(29(30)31)23(25-17-26-24)27(2)16-18-10-5-4-6-11-18/h4-15,17H,3,16H2,1-2H3. The number of hydrogen-bond acceptors (Lipinski definition) is 6. The molecule has 0 atom stereocenters. The van der Waals surface area contributed by atoms with Gasteiger partial charge in [-0.3, -0.25) is 10.1 Å². The molecule has 0 radical (unpaired) electrons. The van der Waals surface area contributed by atoms with Gasteiger partial charge in [-0.05, 0) is 23.9 Å². The maximum atomic E-state index is 12.2. The monoisotopic (exact) mass is 413 g/mol. The molecule has 0 N–H and O–H groups in total. The van der Waals surface area contributed by atoms with E-state index in [1.165, 1.54) is 6.33 Å². The van der Waals surface area contributed by atoms with Crippen molar-refractivity contribution in [2.75, 3.05) is 23.4 Å². The summed E-state index contributed by atoms with van der Waals surface area (Å²) in [5.41, 5.74) is 1.82. The van der Waals surface area contributed by atoms with Crippen LogP contribution in [0.2, 0.25) is 0 Å². The lowest BCUT2D eigenvalue weighted by atomic mass is 10.1. The summed E-state index contributed by atoms with van der Waals surface area (Å²) < 4.78 is 0. The Kier molecular flexibility index (Phi) is 5.75. The predicted octanol–water partition coefficient (Wildman–Crippen LogP) is 5.33. The molecular weight excluding hydrogens is 390 g/mol. The van der Waals surface area contributed by atoms with Gasteiger partial charge in [0.15, 0.2) is 0 Å². The highest BCUT2D eigenvalue weighted by molar-refractivity contribution is 5.96. The summed E-state index contributed by atoms with van der Waals surface area (Å²) >= 11 is 0. The Bertz CT molecular complexity index is 1210. The van der Waals surface area contributed by atoms with E-state index in [0.717, 1.165) is 22.0 Å². The second-order valence-electron chi connectivity index (χ2n) is 7.21. The third kappa shape index (κ3) is 4.02. The van der Waals surface area contributed by atoms with E-state index in [9.17, 15) is 10.1 Å². The second kappa shape index (κ2) is 8.79. The molecule has 0 spiro atoms. The van der Waals surface area contributed by atoms with E-state index in [4.69, 9.17) is 0 Å². The van der Waals surface area contributed by atoms with Crippen molar-refractivity contribution in [2.24, 2.45) is 0 Å². The summed E-state index contributed by atoms with van der Waals surface area (Å²) in [4.78, 5) is 24.1. The molecule has 0 aliphatic heterocycles. The van der Waals surface area contributed by atoms with E-state index in [1.54, 1.807) is 11.9 Å². The maximum Gasteiger partial charge on any atom is 0.353 e. The Morgan fingerprint density at radius 2 is 1.58 bits per heavy atom. The Hall–Kier alpha value is -4.00. The molecule has 0 aliphatic rings. The lowest BCUT2D eigenvalue weighted by molar-refractivity contribution is -0.383. The van der Waals surface area contributed by atoms with E-state index in [-0.39, 0.29) is 22.2 Å². The molecule has 0 fully saturated rings. The molecule has 1 heterocycles. The van der Waals surface area contributed by atoms with Gasteiger partial charge in [0.1, 0.15) is 6.33 Å². The van der Waals surface area contributed by atoms with Gasteiger partial charge in [0.25, 0.3) is 0 Å². The molecule has 0 saturated carbocycles. The number of rotatable bonds is 7. The number of hydrogen-bond donors (Lipinski definition) is 0. The van der Waals surface area contributed by atoms with Crippen LogP contribution in [0.1, 0.15) is 12.5 Å². The first kappa shape index (κ1) is 20.3. The topological polar surface area (TPSA) is 75.4 Å². The molecular formula is C24H23N5O2. The molecule has 7 heteroatoms. The Balaban J connectivity index is 1.82. The van der Waals surface area contributed by atoms with Gasteiger partial charge < -0.3 is 9.80 Å².